The van der Waals surface area contributed by atoms with Crippen LogP contribution in [0.4, 0.5) is 4.79 Å². The molecule has 2 aromatic rings. The third kappa shape index (κ3) is 5.55. The van der Waals surface area contributed by atoms with E-state index in [-0.39, 0.29) is 37.3 Å². The molecule has 0 aliphatic heterocycles. The molecule has 0 bridgehead atoms. The molecule has 32 heavy (non-hydrogen) atoms. The van der Waals surface area contributed by atoms with Crippen LogP contribution < -0.4 is 10.6 Å². The minimum atomic E-state index is -1.11. The molecule has 0 aromatic heterocycles. The lowest BCUT2D eigenvalue weighted by Crippen LogP contribution is -2.41. The third-order valence-electron chi connectivity index (χ3n) is 5.55. The van der Waals surface area contributed by atoms with E-state index in [9.17, 15) is 14.4 Å². The van der Waals surface area contributed by atoms with Gasteiger partial charge in [0.2, 0.25) is 5.91 Å². The van der Waals surface area contributed by atoms with Gasteiger partial charge in [-0.25, -0.2) is 9.59 Å². The van der Waals surface area contributed by atoms with Gasteiger partial charge in [-0.1, -0.05) is 54.6 Å². The van der Waals surface area contributed by atoms with Crippen LogP contribution in [-0.4, -0.2) is 41.8 Å². The highest BCUT2D eigenvalue weighted by Gasteiger charge is 2.29. The molecule has 3 N–H and O–H groups in total. The molecule has 7 nitrogen and oxygen atoms in total. The van der Waals surface area contributed by atoms with Gasteiger partial charge < -0.3 is 20.5 Å². The van der Waals surface area contributed by atoms with Crippen LogP contribution in [0.2, 0.25) is 0 Å². The van der Waals surface area contributed by atoms with Gasteiger partial charge in [0, 0.05) is 18.4 Å². The van der Waals surface area contributed by atoms with Crippen molar-refractivity contribution in [1.29, 1.82) is 0 Å². The first kappa shape index (κ1) is 23.1. The lowest BCUT2D eigenvalue weighted by molar-refractivity contribution is -0.141. The van der Waals surface area contributed by atoms with Gasteiger partial charge in [-0.15, -0.1) is 6.58 Å². The Bertz CT molecular complexity index is 958. The molecular weight excluding hydrogens is 408 g/mol. The highest BCUT2D eigenvalue weighted by Crippen LogP contribution is 2.44. The summed E-state index contributed by atoms with van der Waals surface area (Å²) < 4.78 is 5.51. The molecule has 1 aliphatic carbocycles. The van der Waals surface area contributed by atoms with Crippen molar-refractivity contribution in [2.24, 2.45) is 0 Å². The van der Waals surface area contributed by atoms with Crippen molar-refractivity contribution in [3.63, 3.8) is 0 Å². The van der Waals surface area contributed by atoms with Crippen molar-refractivity contribution in [3.05, 3.63) is 72.3 Å². The highest BCUT2D eigenvalue weighted by molar-refractivity contribution is 5.83. The Hall–Kier alpha value is -3.61. The zero-order valence-electron chi connectivity index (χ0n) is 18.0. The molecule has 0 fully saturated rings. The summed E-state index contributed by atoms with van der Waals surface area (Å²) >= 11 is 0. The minimum absolute atomic E-state index is 0.0213. The smallest absolute Gasteiger partial charge is 0.407 e. The molecule has 3 rings (SSSR count). The van der Waals surface area contributed by atoms with Gasteiger partial charge in [0.25, 0.3) is 0 Å². The van der Waals surface area contributed by atoms with Crippen LogP contribution in [0.5, 0.6) is 0 Å². The number of benzene rings is 2. The summed E-state index contributed by atoms with van der Waals surface area (Å²) in [7, 11) is 0. The van der Waals surface area contributed by atoms with Crippen LogP contribution in [0.25, 0.3) is 11.1 Å². The summed E-state index contributed by atoms with van der Waals surface area (Å²) in [5, 5.41) is 14.3. The van der Waals surface area contributed by atoms with Gasteiger partial charge in [-0.3, -0.25) is 4.79 Å². The average molecular weight is 437 g/mol. The van der Waals surface area contributed by atoms with E-state index >= 15 is 0 Å². The van der Waals surface area contributed by atoms with Crippen LogP contribution >= 0.6 is 0 Å². The largest absolute Gasteiger partial charge is 0.480 e. The molecule has 0 spiro atoms. The lowest BCUT2D eigenvalue weighted by atomic mass is 9.98. The topological polar surface area (TPSA) is 105 Å². The van der Waals surface area contributed by atoms with Crippen LogP contribution in [0.3, 0.4) is 0 Å². The first-order valence-corrected chi connectivity index (χ1v) is 10.6. The first-order valence-electron chi connectivity index (χ1n) is 10.6. The van der Waals surface area contributed by atoms with E-state index in [4.69, 9.17) is 9.84 Å². The molecule has 0 radical (unpaired) electrons. The van der Waals surface area contributed by atoms with Crippen LogP contribution in [0, 0.1) is 0 Å². The number of hydrogen-bond acceptors (Lipinski definition) is 4. The predicted molar refractivity (Wildman–Crippen MR) is 121 cm³/mol. The zero-order valence-corrected chi connectivity index (χ0v) is 18.0. The monoisotopic (exact) mass is 436 g/mol. The maximum Gasteiger partial charge on any atom is 0.407 e. The van der Waals surface area contributed by atoms with E-state index < -0.39 is 18.1 Å². The lowest BCUT2D eigenvalue weighted by Gasteiger charge is -2.18. The van der Waals surface area contributed by atoms with E-state index in [1.165, 1.54) is 6.08 Å². The second-order valence-electron chi connectivity index (χ2n) is 7.89. The van der Waals surface area contributed by atoms with E-state index in [1.807, 2.05) is 24.3 Å². The van der Waals surface area contributed by atoms with Gasteiger partial charge in [-0.05, 0) is 42.0 Å². The quantitative estimate of drug-likeness (QED) is 0.491. The number of aliphatic carboxylic acids is 1. The Balaban J connectivity index is 1.48. The van der Waals surface area contributed by atoms with Crippen molar-refractivity contribution in [2.75, 3.05) is 6.61 Å². The number of alkyl carbamates (subject to hydrolysis) is 1. The number of amides is 2. The Labute approximate surface area is 187 Å². The molecule has 2 unspecified atom stereocenters. The number of nitrogens with one attached hydrogen (secondary N) is 2. The molecule has 0 heterocycles. The number of carboxylic acids is 1. The van der Waals surface area contributed by atoms with E-state index in [2.05, 4.69) is 41.5 Å². The van der Waals surface area contributed by atoms with Crippen molar-refractivity contribution in [2.45, 2.75) is 44.2 Å². The molecule has 168 valence electrons. The normalized spacial score (nSPS) is 13.9. The summed E-state index contributed by atoms with van der Waals surface area (Å²) in [6.45, 7) is 5.48. The first-order chi connectivity index (χ1) is 15.4. The van der Waals surface area contributed by atoms with Gasteiger partial charge >= 0.3 is 12.1 Å². The molecular formula is C25H28N2O5. The molecule has 2 aromatic carbocycles. The fourth-order valence-corrected chi connectivity index (χ4v) is 3.92. The van der Waals surface area contributed by atoms with E-state index in [0.717, 1.165) is 22.3 Å². The van der Waals surface area contributed by atoms with Gasteiger partial charge in [0.15, 0.2) is 0 Å². The molecule has 7 heteroatoms. The third-order valence-corrected chi connectivity index (χ3v) is 5.55. The van der Waals surface area contributed by atoms with Crippen molar-refractivity contribution < 1.29 is 24.2 Å². The molecule has 2 amide bonds. The maximum atomic E-state index is 12.3. The van der Waals surface area contributed by atoms with E-state index in [0.29, 0.717) is 6.42 Å². The summed E-state index contributed by atoms with van der Waals surface area (Å²) in [6.07, 6.45) is 1.49. The van der Waals surface area contributed by atoms with Crippen LogP contribution in [0.1, 0.15) is 43.2 Å². The van der Waals surface area contributed by atoms with Crippen molar-refractivity contribution >= 4 is 18.0 Å². The standard InChI is InChI=1S/C25H28N2O5/c1-3-8-22(24(29)30)27-23(28)14-13-16(2)26-25(31)32-15-21-19-11-6-4-9-17(19)18-10-5-7-12-20(18)21/h3-7,9-12,16,21-22H,1,8,13-15H2,2H3,(H,26,31)(H,27,28)(H,29,30). The van der Waals surface area contributed by atoms with Gasteiger partial charge in [0.1, 0.15) is 12.6 Å². The zero-order chi connectivity index (χ0) is 23.1. The fraction of sp³-hybridized carbons (Fsp3) is 0.320. The number of carbonyl (C=O) groups excluding carboxylic acids is 2. The fourth-order valence-electron chi connectivity index (χ4n) is 3.92. The van der Waals surface area contributed by atoms with Crippen LogP contribution in [-0.2, 0) is 14.3 Å². The van der Waals surface area contributed by atoms with Gasteiger partial charge in [0.05, 0.1) is 0 Å². The summed E-state index contributed by atoms with van der Waals surface area (Å²) in [5.41, 5.74) is 4.60. The summed E-state index contributed by atoms with van der Waals surface area (Å²) in [5.74, 6) is -1.52. The van der Waals surface area contributed by atoms with Crippen molar-refractivity contribution in [1.82, 2.24) is 10.6 Å². The Morgan fingerprint density at radius 1 is 1.06 bits per heavy atom. The average Bonchev–Trinajstić information content (AvgIpc) is 3.10. The Morgan fingerprint density at radius 2 is 1.66 bits per heavy atom. The van der Waals surface area contributed by atoms with Gasteiger partial charge in [-0.2, -0.15) is 0 Å². The van der Waals surface area contributed by atoms with E-state index in [1.54, 1.807) is 6.92 Å². The Morgan fingerprint density at radius 3 is 2.22 bits per heavy atom. The predicted octanol–water partition coefficient (Wildman–Crippen LogP) is 3.84. The number of fused-ring (bicyclic) bond motifs is 3. The molecule has 1 aliphatic rings. The molecule has 0 saturated carbocycles. The van der Waals surface area contributed by atoms with Crippen molar-refractivity contribution in [3.8, 4) is 11.1 Å². The summed E-state index contributed by atoms with van der Waals surface area (Å²) in [4.78, 5) is 35.4. The Kier molecular flexibility index (Phi) is 7.65. The maximum absolute atomic E-state index is 12.3. The SMILES string of the molecule is C=CCC(NC(=O)CCC(C)NC(=O)OCC1c2ccccc2-c2ccccc21)C(=O)O. The number of carbonyl (C=O) groups is 3. The molecule has 2 atom stereocenters. The highest BCUT2D eigenvalue weighted by atomic mass is 16.5. The number of ether oxygens (including phenoxy) is 1. The summed E-state index contributed by atoms with van der Waals surface area (Å²) in [6, 6.07) is 14.9. The second kappa shape index (κ2) is 10.6. The number of hydrogen-bond donors (Lipinski definition) is 3. The number of rotatable bonds is 10. The molecule has 0 saturated heterocycles. The minimum Gasteiger partial charge on any atom is -0.480 e. The number of carboxylic acid groups (broad SMARTS) is 1. The van der Waals surface area contributed by atoms with Crippen LogP contribution in [0.15, 0.2) is 61.2 Å². The second-order valence-corrected chi connectivity index (χ2v) is 7.89.